The SMILES string of the molecule is CCOCCNC(=O)CCN1C(=O)CC(N/B=N/P)C1=O. The van der Waals surface area contributed by atoms with Crippen LogP contribution in [0.2, 0.25) is 0 Å². The Bertz CT molecular complexity index is 421. The molecule has 2 N–H and O–H groups in total. The van der Waals surface area contributed by atoms with E-state index < -0.39 is 6.04 Å². The summed E-state index contributed by atoms with van der Waals surface area (Å²) in [6.07, 6.45) is 0.176. The van der Waals surface area contributed by atoms with Gasteiger partial charge in [0.05, 0.1) is 0 Å². The van der Waals surface area contributed by atoms with Crippen LogP contribution in [-0.2, 0) is 19.1 Å². The van der Waals surface area contributed by atoms with Gasteiger partial charge in [-0.2, -0.15) is 0 Å². The summed E-state index contributed by atoms with van der Waals surface area (Å²) < 4.78 is 8.72. The van der Waals surface area contributed by atoms with E-state index in [4.69, 9.17) is 4.74 Å². The van der Waals surface area contributed by atoms with Crippen LogP contribution in [0.15, 0.2) is 4.67 Å². The van der Waals surface area contributed by atoms with Gasteiger partial charge in [-0.05, 0) is 6.92 Å². The number of imide groups is 1. The van der Waals surface area contributed by atoms with Crippen LogP contribution >= 0.6 is 9.39 Å². The molecule has 0 aliphatic carbocycles. The van der Waals surface area contributed by atoms with Crippen molar-refractivity contribution < 1.29 is 19.1 Å². The molecule has 0 aromatic carbocycles. The number of nitrogens with one attached hydrogen (secondary N) is 2. The van der Waals surface area contributed by atoms with Crippen molar-refractivity contribution in [3.8, 4) is 0 Å². The number of carbonyl (C=O) groups is 3. The normalized spacial score (nSPS) is 18.2. The molecule has 1 heterocycles. The third-order valence-corrected chi connectivity index (χ3v) is 3.08. The fourth-order valence-corrected chi connectivity index (χ4v) is 1.98. The fraction of sp³-hybridized carbons (Fsp3) is 0.727. The number of ether oxygens (including phenoxy) is 1. The maximum absolute atomic E-state index is 12.0. The molecule has 0 aromatic heterocycles. The van der Waals surface area contributed by atoms with Crippen LogP contribution in [0.25, 0.3) is 0 Å². The molecule has 0 radical (unpaired) electrons. The molecule has 21 heavy (non-hydrogen) atoms. The fourth-order valence-electron chi connectivity index (χ4n) is 1.89. The first kappa shape index (κ1) is 17.7. The first-order valence-electron chi connectivity index (χ1n) is 6.76. The molecule has 8 nitrogen and oxygen atoms in total. The molecule has 0 spiro atoms. The molecule has 2 unspecified atom stereocenters. The second-order valence-corrected chi connectivity index (χ2v) is 4.68. The summed E-state index contributed by atoms with van der Waals surface area (Å²) in [6.45, 7) is 3.43. The number of rotatable bonds is 9. The van der Waals surface area contributed by atoms with Crippen LogP contribution < -0.4 is 10.5 Å². The zero-order valence-corrected chi connectivity index (χ0v) is 13.2. The molecule has 0 aromatic rings. The van der Waals surface area contributed by atoms with Gasteiger partial charge in [-0.15, -0.1) is 0 Å². The van der Waals surface area contributed by atoms with Crippen LogP contribution in [0.1, 0.15) is 19.8 Å². The molecule has 1 fully saturated rings. The van der Waals surface area contributed by atoms with Crippen LogP contribution in [0.4, 0.5) is 0 Å². The van der Waals surface area contributed by atoms with Gasteiger partial charge in [-0.25, -0.2) is 0 Å². The third kappa shape index (κ3) is 5.89. The van der Waals surface area contributed by atoms with Gasteiger partial charge >= 0.3 is 119 Å². The summed E-state index contributed by atoms with van der Waals surface area (Å²) in [5, 5.41) is 5.40. The Balaban J connectivity index is 2.32. The number of carbonyl (C=O) groups excluding carboxylic acids is 3. The minimum atomic E-state index is -0.595. The van der Waals surface area contributed by atoms with E-state index in [1.165, 1.54) is 7.21 Å². The van der Waals surface area contributed by atoms with Crippen LogP contribution in [0.5, 0.6) is 0 Å². The summed E-state index contributed by atoms with van der Waals surface area (Å²) in [7, 11) is 3.48. The summed E-state index contributed by atoms with van der Waals surface area (Å²) in [5.41, 5.74) is 0. The second kappa shape index (κ2) is 9.57. The molecular weight excluding hydrogens is 294 g/mol. The molecule has 1 rings (SSSR count). The van der Waals surface area contributed by atoms with Gasteiger partial charge in [0, 0.05) is 0 Å². The minimum absolute atomic E-state index is 0.0848. The molecule has 1 aliphatic rings. The van der Waals surface area contributed by atoms with Crippen LogP contribution in [0.3, 0.4) is 0 Å². The Morgan fingerprint density at radius 1 is 1.57 bits per heavy atom. The summed E-state index contributed by atoms with van der Waals surface area (Å²) in [5.74, 6) is -0.818. The van der Waals surface area contributed by atoms with Gasteiger partial charge in [0.15, 0.2) is 0 Å². The molecular formula is C11H20BN4O4P. The molecule has 3 amide bonds. The van der Waals surface area contributed by atoms with Gasteiger partial charge in [0.2, 0.25) is 0 Å². The summed E-state index contributed by atoms with van der Waals surface area (Å²) in [6, 6.07) is -0.595. The van der Waals surface area contributed by atoms with E-state index in [1.807, 2.05) is 6.92 Å². The predicted octanol–water partition coefficient (Wildman–Crippen LogP) is -1.16. The Morgan fingerprint density at radius 3 is 3.00 bits per heavy atom. The molecule has 1 aliphatic heterocycles. The van der Waals surface area contributed by atoms with Gasteiger partial charge in [-0.3, -0.25) is 0 Å². The van der Waals surface area contributed by atoms with Crippen molar-refractivity contribution in [1.29, 1.82) is 0 Å². The van der Waals surface area contributed by atoms with Gasteiger partial charge in [-0.1, -0.05) is 0 Å². The van der Waals surface area contributed by atoms with Crippen LogP contribution in [-0.4, -0.2) is 62.2 Å². The molecule has 10 heteroatoms. The number of hydrogen-bond acceptors (Lipinski definition) is 5. The van der Waals surface area contributed by atoms with E-state index in [1.54, 1.807) is 0 Å². The monoisotopic (exact) mass is 314 g/mol. The third-order valence-electron chi connectivity index (χ3n) is 2.93. The Kier molecular flexibility index (Phi) is 8.08. The van der Waals surface area contributed by atoms with Crippen molar-refractivity contribution in [3.63, 3.8) is 0 Å². The van der Waals surface area contributed by atoms with Crippen molar-refractivity contribution in [2.75, 3.05) is 26.3 Å². The number of likely N-dealkylation sites (tertiary alicyclic amines) is 1. The van der Waals surface area contributed by atoms with E-state index in [2.05, 4.69) is 24.6 Å². The van der Waals surface area contributed by atoms with E-state index in [0.717, 1.165) is 4.90 Å². The topological polar surface area (TPSA) is 100 Å². The van der Waals surface area contributed by atoms with Crippen molar-refractivity contribution >= 4 is 34.3 Å². The van der Waals surface area contributed by atoms with Crippen molar-refractivity contribution in [1.82, 2.24) is 15.4 Å². The van der Waals surface area contributed by atoms with Gasteiger partial charge in [0.25, 0.3) is 0 Å². The predicted molar refractivity (Wildman–Crippen MR) is 80.3 cm³/mol. The first-order chi connectivity index (χ1) is 10.1. The Hall–Kier alpha value is -1.34. The number of amides is 3. The van der Waals surface area contributed by atoms with E-state index in [0.29, 0.717) is 19.8 Å². The standard InChI is InChI=1S/C11H20BN4O4P/c1-2-20-6-4-13-9(17)3-5-16-10(18)7-8(11(16)19)14-12-15-21/h8,14H,2-7,21H2,1H3,(H,13,17). The zero-order chi connectivity index (χ0) is 15.7. The average Bonchev–Trinajstić information content (AvgIpc) is 2.73. The molecule has 0 saturated carbocycles. The Morgan fingerprint density at radius 2 is 2.33 bits per heavy atom. The first-order valence-corrected chi connectivity index (χ1v) is 7.28. The number of hydrogen-bond donors (Lipinski definition) is 2. The molecule has 2 atom stereocenters. The maximum atomic E-state index is 12.0. The summed E-state index contributed by atoms with van der Waals surface area (Å²) >= 11 is 0. The van der Waals surface area contributed by atoms with E-state index >= 15 is 0 Å². The summed E-state index contributed by atoms with van der Waals surface area (Å²) in [4.78, 5) is 36.4. The van der Waals surface area contributed by atoms with Crippen molar-refractivity contribution in [3.05, 3.63) is 0 Å². The van der Waals surface area contributed by atoms with Gasteiger partial charge < -0.3 is 0 Å². The van der Waals surface area contributed by atoms with Crippen molar-refractivity contribution in [2.24, 2.45) is 4.67 Å². The number of nitrogens with zero attached hydrogens (tertiary/aromatic N) is 2. The average molecular weight is 314 g/mol. The zero-order valence-electron chi connectivity index (χ0n) is 12.0. The quantitative estimate of drug-likeness (QED) is 0.242. The molecule has 0 bridgehead atoms. The molecule has 1 saturated heterocycles. The molecule has 116 valence electrons. The van der Waals surface area contributed by atoms with Gasteiger partial charge in [0.1, 0.15) is 0 Å². The van der Waals surface area contributed by atoms with Crippen LogP contribution in [0, 0.1) is 0 Å². The van der Waals surface area contributed by atoms with Crippen molar-refractivity contribution in [2.45, 2.75) is 25.8 Å². The second-order valence-electron chi connectivity index (χ2n) is 4.38. The van der Waals surface area contributed by atoms with E-state index in [-0.39, 0.29) is 37.1 Å². The van der Waals surface area contributed by atoms with E-state index in [9.17, 15) is 14.4 Å². The Labute approximate surface area is 126 Å².